The van der Waals surface area contributed by atoms with Crippen LogP contribution in [0.5, 0.6) is 5.75 Å². The van der Waals surface area contributed by atoms with Crippen LogP contribution in [-0.2, 0) is 0 Å². The Bertz CT molecular complexity index is 809. The maximum Gasteiger partial charge on any atom is 0.339 e. The number of aromatic carboxylic acids is 1. The van der Waals surface area contributed by atoms with Crippen molar-refractivity contribution in [2.24, 2.45) is 0 Å². The van der Waals surface area contributed by atoms with Crippen molar-refractivity contribution in [3.8, 4) is 11.4 Å². The van der Waals surface area contributed by atoms with Crippen LogP contribution in [0.1, 0.15) is 54.2 Å². The van der Waals surface area contributed by atoms with Crippen LogP contribution >= 0.6 is 0 Å². The number of imidazole rings is 1. The van der Waals surface area contributed by atoms with E-state index in [0.717, 1.165) is 37.6 Å². The van der Waals surface area contributed by atoms with Crippen molar-refractivity contribution in [3.63, 3.8) is 0 Å². The van der Waals surface area contributed by atoms with Crippen LogP contribution in [0.3, 0.4) is 0 Å². The minimum absolute atomic E-state index is 0.0800. The van der Waals surface area contributed by atoms with E-state index in [1.807, 2.05) is 0 Å². The van der Waals surface area contributed by atoms with E-state index in [2.05, 4.69) is 4.98 Å². The third kappa shape index (κ3) is 3.19. The zero-order valence-electron chi connectivity index (χ0n) is 13.8. The molecule has 1 aliphatic carbocycles. The summed E-state index contributed by atoms with van der Waals surface area (Å²) in [6.07, 6.45) is 8.70. The molecule has 1 fully saturated rings. The SMILES string of the molecule is COc1cc(-n2ccnc2C2CCCCC2)c([N+](=O)[O-])cc1C(=O)O. The van der Waals surface area contributed by atoms with Crippen LogP contribution in [-0.4, -0.2) is 32.7 Å². The number of benzene rings is 1. The number of carboxylic acid groups (broad SMARTS) is 1. The standard InChI is InChI=1S/C17H19N3O5/c1-25-15-10-13(14(20(23)24)9-12(15)17(21)22)19-8-7-18-16(19)11-5-3-2-4-6-11/h7-11H,2-6H2,1H3,(H,21,22). The van der Waals surface area contributed by atoms with E-state index >= 15 is 0 Å². The van der Waals surface area contributed by atoms with Crippen molar-refractivity contribution in [3.05, 3.63) is 46.0 Å². The fourth-order valence-electron chi connectivity index (χ4n) is 3.41. The molecule has 1 aliphatic rings. The van der Waals surface area contributed by atoms with E-state index in [1.165, 1.54) is 19.6 Å². The highest BCUT2D eigenvalue weighted by atomic mass is 16.6. The van der Waals surface area contributed by atoms with Crippen molar-refractivity contribution in [1.82, 2.24) is 9.55 Å². The summed E-state index contributed by atoms with van der Waals surface area (Å²) < 4.78 is 6.81. The zero-order valence-corrected chi connectivity index (χ0v) is 13.8. The summed E-state index contributed by atoms with van der Waals surface area (Å²) in [4.78, 5) is 26.7. The van der Waals surface area contributed by atoms with Gasteiger partial charge in [0, 0.05) is 30.4 Å². The fraction of sp³-hybridized carbons (Fsp3) is 0.412. The molecule has 0 saturated heterocycles. The van der Waals surface area contributed by atoms with Gasteiger partial charge in [-0.25, -0.2) is 9.78 Å². The number of carboxylic acids is 1. The largest absolute Gasteiger partial charge is 0.496 e. The average molecular weight is 345 g/mol. The molecule has 8 heteroatoms. The fourth-order valence-corrected chi connectivity index (χ4v) is 3.41. The van der Waals surface area contributed by atoms with E-state index < -0.39 is 10.9 Å². The quantitative estimate of drug-likeness (QED) is 0.656. The Kier molecular flexibility index (Phi) is 4.69. The van der Waals surface area contributed by atoms with Gasteiger partial charge in [-0.1, -0.05) is 19.3 Å². The minimum Gasteiger partial charge on any atom is -0.496 e. The Morgan fingerprint density at radius 3 is 2.68 bits per heavy atom. The van der Waals surface area contributed by atoms with Gasteiger partial charge in [0.2, 0.25) is 0 Å². The first-order chi connectivity index (χ1) is 12.0. The number of hydrogen-bond donors (Lipinski definition) is 1. The van der Waals surface area contributed by atoms with Gasteiger partial charge in [0.25, 0.3) is 5.69 Å². The van der Waals surface area contributed by atoms with Crippen molar-refractivity contribution in [2.75, 3.05) is 7.11 Å². The van der Waals surface area contributed by atoms with Gasteiger partial charge >= 0.3 is 5.97 Å². The maximum atomic E-state index is 11.5. The van der Waals surface area contributed by atoms with Gasteiger partial charge in [0.15, 0.2) is 0 Å². The molecule has 3 rings (SSSR count). The van der Waals surface area contributed by atoms with E-state index in [1.54, 1.807) is 17.0 Å². The van der Waals surface area contributed by atoms with E-state index in [-0.39, 0.29) is 28.6 Å². The topological polar surface area (TPSA) is 107 Å². The number of carbonyl (C=O) groups is 1. The molecule has 8 nitrogen and oxygen atoms in total. The van der Waals surface area contributed by atoms with Gasteiger partial charge in [-0.2, -0.15) is 0 Å². The molecule has 0 radical (unpaired) electrons. The van der Waals surface area contributed by atoms with Crippen LogP contribution in [0.25, 0.3) is 5.69 Å². The summed E-state index contributed by atoms with van der Waals surface area (Å²) in [6, 6.07) is 2.44. The molecule has 2 aromatic rings. The number of ether oxygens (including phenoxy) is 1. The molecule has 0 aliphatic heterocycles. The molecule has 1 heterocycles. The number of methoxy groups -OCH3 is 1. The molecule has 0 amide bonds. The first-order valence-electron chi connectivity index (χ1n) is 8.16. The van der Waals surface area contributed by atoms with Crippen LogP contribution in [0.4, 0.5) is 5.69 Å². The van der Waals surface area contributed by atoms with Crippen LogP contribution in [0.15, 0.2) is 24.5 Å². The smallest absolute Gasteiger partial charge is 0.339 e. The normalized spacial score (nSPS) is 15.1. The predicted octanol–water partition coefficient (Wildman–Crippen LogP) is 3.54. The highest BCUT2D eigenvalue weighted by Crippen LogP contribution is 2.36. The van der Waals surface area contributed by atoms with Crippen LogP contribution < -0.4 is 4.74 Å². The molecular formula is C17H19N3O5. The number of hydrogen-bond acceptors (Lipinski definition) is 5. The molecule has 132 valence electrons. The van der Waals surface area contributed by atoms with Gasteiger partial charge in [-0.15, -0.1) is 0 Å². The third-order valence-electron chi connectivity index (χ3n) is 4.62. The molecule has 1 aromatic carbocycles. The molecule has 1 aromatic heterocycles. The highest BCUT2D eigenvalue weighted by molar-refractivity contribution is 5.92. The summed E-state index contributed by atoms with van der Waals surface area (Å²) in [5, 5.41) is 20.8. The van der Waals surface area contributed by atoms with Gasteiger partial charge in [-0.05, 0) is 12.8 Å². The lowest BCUT2D eigenvalue weighted by molar-refractivity contribution is -0.384. The summed E-state index contributed by atoms with van der Waals surface area (Å²) in [7, 11) is 1.34. The van der Waals surface area contributed by atoms with Crippen molar-refractivity contribution in [1.29, 1.82) is 0 Å². The van der Waals surface area contributed by atoms with Crippen LogP contribution in [0, 0.1) is 10.1 Å². The molecule has 1 saturated carbocycles. The number of nitro benzene ring substituents is 1. The third-order valence-corrected chi connectivity index (χ3v) is 4.62. The molecule has 1 N–H and O–H groups in total. The lowest BCUT2D eigenvalue weighted by atomic mass is 9.88. The second kappa shape index (κ2) is 6.92. The highest BCUT2D eigenvalue weighted by Gasteiger charge is 2.27. The Morgan fingerprint density at radius 2 is 2.08 bits per heavy atom. The second-order valence-corrected chi connectivity index (χ2v) is 6.09. The molecule has 0 atom stereocenters. The van der Waals surface area contributed by atoms with Gasteiger partial charge in [-0.3, -0.25) is 14.7 Å². The van der Waals surface area contributed by atoms with Crippen molar-refractivity contribution < 1.29 is 19.6 Å². The monoisotopic (exact) mass is 345 g/mol. The molecule has 0 unspecified atom stereocenters. The zero-order chi connectivity index (χ0) is 18.0. The average Bonchev–Trinajstić information content (AvgIpc) is 3.10. The van der Waals surface area contributed by atoms with Crippen molar-refractivity contribution in [2.45, 2.75) is 38.0 Å². The Hall–Kier alpha value is -2.90. The van der Waals surface area contributed by atoms with E-state index in [4.69, 9.17) is 4.74 Å². The van der Waals surface area contributed by atoms with E-state index in [0.29, 0.717) is 0 Å². The summed E-state index contributed by atoms with van der Waals surface area (Å²) >= 11 is 0. The molecule has 25 heavy (non-hydrogen) atoms. The predicted molar refractivity (Wildman–Crippen MR) is 89.6 cm³/mol. The summed E-state index contributed by atoms with van der Waals surface area (Å²) in [5.41, 5.74) is -0.254. The first-order valence-corrected chi connectivity index (χ1v) is 8.16. The van der Waals surface area contributed by atoms with Gasteiger partial charge in [0.1, 0.15) is 22.8 Å². The summed E-state index contributed by atoms with van der Waals surface area (Å²) in [5.74, 6) is -0.178. The van der Waals surface area contributed by atoms with Crippen LogP contribution in [0.2, 0.25) is 0 Å². The second-order valence-electron chi connectivity index (χ2n) is 6.09. The Labute approximate surface area is 144 Å². The van der Waals surface area contributed by atoms with Crippen molar-refractivity contribution >= 4 is 11.7 Å². The lowest BCUT2D eigenvalue weighted by Gasteiger charge is -2.22. The lowest BCUT2D eigenvalue weighted by Crippen LogP contribution is -2.13. The summed E-state index contributed by atoms with van der Waals surface area (Å²) in [6.45, 7) is 0. The number of nitrogens with zero attached hydrogens (tertiary/aromatic N) is 3. The first kappa shape index (κ1) is 16.9. The van der Waals surface area contributed by atoms with E-state index in [9.17, 15) is 20.0 Å². The minimum atomic E-state index is -1.27. The van der Waals surface area contributed by atoms with Gasteiger partial charge < -0.3 is 9.84 Å². The molecule has 0 spiro atoms. The number of aromatic nitrogens is 2. The number of rotatable bonds is 5. The maximum absolute atomic E-state index is 11.5. The Morgan fingerprint density at radius 1 is 1.36 bits per heavy atom. The molecule has 0 bridgehead atoms. The molecular weight excluding hydrogens is 326 g/mol. The van der Waals surface area contributed by atoms with Gasteiger partial charge in [0.05, 0.1) is 12.0 Å². The Balaban J connectivity index is 2.15. The number of nitro groups is 1.